The minimum atomic E-state index is 0.152. The van der Waals surface area contributed by atoms with Gasteiger partial charge >= 0.3 is 0 Å². The number of carbonyl (C=O) groups excluding carboxylic acids is 1. The third-order valence-corrected chi connectivity index (χ3v) is 4.01. The summed E-state index contributed by atoms with van der Waals surface area (Å²) in [6, 6.07) is 1.44. The van der Waals surface area contributed by atoms with Crippen LogP contribution in [0.15, 0.2) is 0 Å². The molecule has 1 fully saturated rings. The van der Waals surface area contributed by atoms with Gasteiger partial charge in [-0.15, -0.1) is 0 Å². The van der Waals surface area contributed by atoms with Crippen molar-refractivity contribution in [3.05, 3.63) is 0 Å². The second kappa shape index (κ2) is 8.48. The fourth-order valence-electron chi connectivity index (χ4n) is 2.81. The van der Waals surface area contributed by atoms with E-state index in [-0.39, 0.29) is 5.91 Å². The van der Waals surface area contributed by atoms with Crippen molar-refractivity contribution in [3.8, 4) is 0 Å². The Balaban J connectivity index is 2.15. The molecule has 1 saturated carbocycles. The largest absolute Gasteiger partial charge is 0.359 e. The van der Waals surface area contributed by atoms with Crippen molar-refractivity contribution in [2.24, 2.45) is 0 Å². The zero-order valence-corrected chi connectivity index (χ0v) is 12.2. The van der Waals surface area contributed by atoms with Gasteiger partial charge in [0, 0.05) is 25.6 Å². The summed E-state index contributed by atoms with van der Waals surface area (Å²) >= 11 is 0. The third-order valence-electron chi connectivity index (χ3n) is 4.01. The molecule has 0 spiro atoms. The molecule has 0 aromatic heterocycles. The lowest BCUT2D eigenvalue weighted by Gasteiger charge is -2.35. The van der Waals surface area contributed by atoms with Crippen LogP contribution in [0.25, 0.3) is 0 Å². The molecule has 0 saturated heterocycles. The van der Waals surface area contributed by atoms with E-state index in [4.69, 9.17) is 0 Å². The molecule has 0 aliphatic heterocycles. The topological polar surface area (TPSA) is 44.4 Å². The number of rotatable bonds is 7. The number of hydrogen-bond donors (Lipinski definition) is 2. The standard InChI is InChI=1S/C14H29N3O/c1-4-16-12-7-9-13(10-8-12)17(3)11-5-6-14(18)15-2/h12-13,16H,4-11H2,1-3H3,(H,15,18). The van der Waals surface area contributed by atoms with E-state index in [1.165, 1.54) is 25.7 Å². The maximum Gasteiger partial charge on any atom is 0.219 e. The van der Waals surface area contributed by atoms with Crippen molar-refractivity contribution in [1.82, 2.24) is 15.5 Å². The highest BCUT2D eigenvalue weighted by molar-refractivity contribution is 5.75. The minimum absolute atomic E-state index is 0.152. The highest BCUT2D eigenvalue weighted by Gasteiger charge is 2.23. The SMILES string of the molecule is CCNC1CCC(N(C)CCCC(=O)NC)CC1. The first kappa shape index (κ1) is 15.4. The fourth-order valence-corrected chi connectivity index (χ4v) is 2.81. The van der Waals surface area contributed by atoms with Gasteiger partial charge in [-0.2, -0.15) is 0 Å². The second-order valence-electron chi connectivity index (χ2n) is 5.32. The molecule has 18 heavy (non-hydrogen) atoms. The number of nitrogens with one attached hydrogen (secondary N) is 2. The first-order valence-corrected chi connectivity index (χ1v) is 7.31. The lowest BCUT2D eigenvalue weighted by Crippen LogP contribution is -2.41. The Morgan fingerprint density at radius 3 is 2.50 bits per heavy atom. The summed E-state index contributed by atoms with van der Waals surface area (Å²) in [5.74, 6) is 0.152. The summed E-state index contributed by atoms with van der Waals surface area (Å²) in [6.45, 7) is 4.29. The van der Waals surface area contributed by atoms with Crippen LogP contribution in [-0.4, -0.2) is 50.1 Å². The van der Waals surface area contributed by atoms with E-state index in [1.54, 1.807) is 7.05 Å². The average molecular weight is 255 g/mol. The summed E-state index contributed by atoms with van der Waals surface area (Å²) in [5, 5.41) is 6.21. The Morgan fingerprint density at radius 2 is 1.94 bits per heavy atom. The van der Waals surface area contributed by atoms with Crippen molar-refractivity contribution >= 4 is 5.91 Å². The normalized spacial score (nSPS) is 24.2. The Morgan fingerprint density at radius 1 is 1.28 bits per heavy atom. The molecule has 1 aliphatic carbocycles. The third kappa shape index (κ3) is 5.36. The molecule has 1 aliphatic rings. The van der Waals surface area contributed by atoms with Crippen LogP contribution in [0.3, 0.4) is 0 Å². The summed E-state index contributed by atoms with van der Waals surface area (Å²) in [7, 11) is 3.90. The van der Waals surface area contributed by atoms with E-state index in [0.29, 0.717) is 12.5 Å². The molecule has 0 unspecified atom stereocenters. The predicted molar refractivity (Wildman–Crippen MR) is 75.7 cm³/mol. The summed E-state index contributed by atoms with van der Waals surface area (Å²) in [5.41, 5.74) is 0. The van der Waals surface area contributed by atoms with Gasteiger partial charge in [-0.3, -0.25) is 4.79 Å². The highest BCUT2D eigenvalue weighted by atomic mass is 16.1. The molecule has 1 rings (SSSR count). The lowest BCUT2D eigenvalue weighted by molar-refractivity contribution is -0.120. The predicted octanol–water partition coefficient (Wildman–Crippen LogP) is 1.37. The van der Waals surface area contributed by atoms with Gasteiger partial charge < -0.3 is 15.5 Å². The smallest absolute Gasteiger partial charge is 0.219 e. The van der Waals surface area contributed by atoms with Crippen molar-refractivity contribution < 1.29 is 4.79 Å². The van der Waals surface area contributed by atoms with Crippen LogP contribution in [0.1, 0.15) is 45.4 Å². The van der Waals surface area contributed by atoms with Gasteiger partial charge in [-0.25, -0.2) is 0 Å². The van der Waals surface area contributed by atoms with Crippen LogP contribution >= 0.6 is 0 Å². The van der Waals surface area contributed by atoms with Crippen LogP contribution in [0.2, 0.25) is 0 Å². The molecular weight excluding hydrogens is 226 g/mol. The molecule has 4 nitrogen and oxygen atoms in total. The molecule has 0 heterocycles. The lowest BCUT2D eigenvalue weighted by atomic mass is 9.90. The molecule has 0 aromatic rings. The Kier molecular flexibility index (Phi) is 7.28. The van der Waals surface area contributed by atoms with Crippen molar-refractivity contribution in [3.63, 3.8) is 0 Å². The molecule has 1 amide bonds. The molecule has 0 radical (unpaired) electrons. The van der Waals surface area contributed by atoms with E-state index in [1.807, 2.05) is 0 Å². The van der Waals surface area contributed by atoms with Gasteiger partial charge in [0.2, 0.25) is 5.91 Å². The Bertz CT molecular complexity index is 237. The molecule has 2 N–H and O–H groups in total. The molecular formula is C14H29N3O. The molecule has 0 atom stereocenters. The van der Waals surface area contributed by atoms with E-state index in [0.717, 1.165) is 25.6 Å². The number of amides is 1. The van der Waals surface area contributed by atoms with Gasteiger partial charge in [0.05, 0.1) is 0 Å². The summed E-state index contributed by atoms with van der Waals surface area (Å²) < 4.78 is 0. The monoisotopic (exact) mass is 255 g/mol. The van der Waals surface area contributed by atoms with Gasteiger partial charge in [0.1, 0.15) is 0 Å². The first-order valence-electron chi connectivity index (χ1n) is 7.31. The quantitative estimate of drug-likeness (QED) is 0.722. The Labute approximate surface area is 111 Å². The first-order chi connectivity index (χ1) is 8.67. The maximum absolute atomic E-state index is 11.1. The molecule has 4 heteroatoms. The van der Waals surface area contributed by atoms with E-state index in [9.17, 15) is 4.79 Å². The van der Waals surface area contributed by atoms with E-state index in [2.05, 4.69) is 29.5 Å². The average Bonchev–Trinajstić information content (AvgIpc) is 2.39. The minimum Gasteiger partial charge on any atom is -0.359 e. The Hall–Kier alpha value is -0.610. The number of hydrogen-bond acceptors (Lipinski definition) is 3. The highest BCUT2D eigenvalue weighted by Crippen LogP contribution is 2.22. The number of carbonyl (C=O) groups is 1. The molecule has 0 aromatic carbocycles. The molecule has 0 bridgehead atoms. The van der Waals surface area contributed by atoms with Gasteiger partial charge in [-0.05, 0) is 52.2 Å². The van der Waals surface area contributed by atoms with E-state index >= 15 is 0 Å². The van der Waals surface area contributed by atoms with Crippen molar-refractivity contribution in [2.75, 3.05) is 27.2 Å². The van der Waals surface area contributed by atoms with Crippen LogP contribution in [-0.2, 0) is 4.79 Å². The summed E-state index contributed by atoms with van der Waals surface area (Å²) in [4.78, 5) is 13.6. The maximum atomic E-state index is 11.1. The van der Waals surface area contributed by atoms with Crippen LogP contribution in [0, 0.1) is 0 Å². The fraction of sp³-hybridized carbons (Fsp3) is 0.929. The van der Waals surface area contributed by atoms with Gasteiger partial charge in [0.25, 0.3) is 0 Å². The molecule has 106 valence electrons. The number of nitrogens with zero attached hydrogens (tertiary/aromatic N) is 1. The van der Waals surface area contributed by atoms with Crippen LogP contribution < -0.4 is 10.6 Å². The van der Waals surface area contributed by atoms with E-state index < -0.39 is 0 Å². The summed E-state index contributed by atoms with van der Waals surface area (Å²) in [6.07, 6.45) is 6.76. The zero-order valence-electron chi connectivity index (χ0n) is 12.2. The van der Waals surface area contributed by atoms with Crippen LogP contribution in [0.4, 0.5) is 0 Å². The van der Waals surface area contributed by atoms with Gasteiger partial charge in [0.15, 0.2) is 0 Å². The van der Waals surface area contributed by atoms with Crippen molar-refractivity contribution in [2.45, 2.75) is 57.5 Å². The van der Waals surface area contributed by atoms with Crippen LogP contribution in [0.5, 0.6) is 0 Å². The zero-order chi connectivity index (χ0) is 13.4. The second-order valence-corrected chi connectivity index (χ2v) is 5.32. The van der Waals surface area contributed by atoms with Crippen molar-refractivity contribution in [1.29, 1.82) is 0 Å². The van der Waals surface area contributed by atoms with Gasteiger partial charge in [-0.1, -0.05) is 6.92 Å².